The number of ether oxygens (including phenoxy) is 1. The minimum absolute atomic E-state index is 0.0662. The standard InChI is InChI=1S/C19H20N4O2S/c1-14(18(24)20-12-15-8-6-7-11-17(15)25-2)26-19-22-21-13-23(19)16-9-4-3-5-10-16/h3-11,13-14H,12H2,1-2H3,(H,20,24). The molecule has 0 bridgehead atoms. The molecule has 2 aromatic carbocycles. The summed E-state index contributed by atoms with van der Waals surface area (Å²) in [6.45, 7) is 2.27. The molecule has 0 saturated heterocycles. The number of rotatable bonds is 7. The molecule has 1 amide bonds. The van der Waals surface area contributed by atoms with Crippen molar-refractivity contribution in [3.63, 3.8) is 0 Å². The monoisotopic (exact) mass is 368 g/mol. The van der Waals surface area contributed by atoms with Crippen LogP contribution in [0.15, 0.2) is 66.1 Å². The molecule has 0 spiro atoms. The summed E-state index contributed by atoms with van der Waals surface area (Å²) in [7, 11) is 1.62. The van der Waals surface area contributed by atoms with Crippen LogP contribution < -0.4 is 10.1 Å². The number of carbonyl (C=O) groups excluding carboxylic acids is 1. The number of hydrogen-bond acceptors (Lipinski definition) is 5. The second kappa shape index (κ2) is 8.53. The Balaban J connectivity index is 1.63. The second-order valence-corrected chi connectivity index (χ2v) is 6.92. The Kier molecular flexibility index (Phi) is 5.91. The number of aromatic nitrogens is 3. The summed E-state index contributed by atoms with van der Waals surface area (Å²) < 4.78 is 7.18. The molecule has 7 heteroatoms. The molecule has 0 fully saturated rings. The topological polar surface area (TPSA) is 69.0 Å². The minimum Gasteiger partial charge on any atom is -0.496 e. The van der Waals surface area contributed by atoms with E-state index < -0.39 is 0 Å². The molecule has 1 N–H and O–H groups in total. The zero-order chi connectivity index (χ0) is 18.4. The van der Waals surface area contributed by atoms with Gasteiger partial charge in [-0.2, -0.15) is 0 Å². The van der Waals surface area contributed by atoms with Gasteiger partial charge in [0.15, 0.2) is 5.16 Å². The van der Waals surface area contributed by atoms with Crippen molar-refractivity contribution in [1.82, 2.24) is 20.1 Å². The highest BCUT2D eigenvalue weighted by Crippen LogP contribution is 2.24. The van der Waals surface area contributed by atoms with Crippen molar-refractivity contribution in [2.45, 2.75) is 23.9 Å². The van der Waals surface area contributed by atoms with Crippen LogP contribution in [0.5, 0.6) is 5.75 Å². The Hall–Kier alpha value is -2.80. The van der Waals surface area contributed by atoms with E-state index in [0.29, 0.717) is 11.7 Å². The highest BCUT2D eigenvalue weighted by molar-refractivity contribution is 8.00. The highest BCUT2D eigenvalue weighted by atomic mass is 32.2. The summed E-state index contributed by atoms with van der Waals surface area (Å²) in [5.41, 5.74) is 1.90. The molecule has 3 rings (SSSR count). The van der Waals surface area contributed by atoms with Crippen molar-refractivity contribution >= 4 is 17.7 Å². The van der Waals surface area contributed by atoms with Crippen LogP contribution in [-0.2, 0) is 11.3 Å². The van der Waals surface area contributed by atoms with E-state index in [2.05, 4.69) is 15.5 Å². The van der Waals surface area contributed by atoms with Crippen LogP contribution in [0.3, 0.4) is 0 Å². The Morgan fingerprint density at radius 3 is 2.69 bits per heavy atom. The second-order valence-electron chi connectivity index (χ2n) is 5.61. The largest absolute Gasteiger partial charge is 0.496 e. The van der Waals surface area contributed by atoms with Crippen molar-refractivity contribution in [2.75, 3.05) is 7.11 Å². The number of nitrogens with one attached hydrogen (secondary N) is 1. The smallest absolute Gasteiger partial charge is 0.233 e. The molecule has 0 aliphatic carbocycles. The first-order chi connectivity index (χ1) is 12.7. The Bertz CT molecular complexity index is 867. The number of para-hydroxylation sites is 2. The first-order valence-corrected chi connectivity index (χ1v) is 9.08. The van der Waals surface area contributed by atoms with Crippen LogP contribution in [0.4, 0.5) is 0 Å². The number of carbonyl (C=O) groups is 1. The quantitative estimate of drug-likeness (QED) is 0.649. The maximum absolute atomic E-state index is 12.5. The third-order valence-electron chi connectivity index (χ3n) is 3.85. The predicted octanol–water partition coefficient (Wildman–Crippen LogP) is 3.07. The number of amides is 1. The van der Waals surface area contributed by atoms with Gasteiger partial charge in [0.2, 0.25) is 5.91 Å². The molecule has 134 valence electrons. The third-order valence-corrected chi connectivity index (χ3v) is 4.90. The summed E-state index contributed by atoms with van der Waals surface area (Å²) in [5, 5.41) is 11.4. The maximum Gasteiger partial charge on any atom is 0.233 e. The van der Waals surface area contributed by atoms with Gasteiger partial charge in [0, 0.05) is 17.8 Å². The Labute approximate surface area is 156 Å². The first kappa shape index (κ1) is 18.0. The van der Waals surface area contributed by atoms with E-state index in [4.69, 9.17) is 4.74 Å². The van der Waals surface area contributed by atoms with E-state index in [-0.39, 0.29) is 11.2 Å². The minimum atomic E-state index is -0.309. The van der Waals surface area contributed by atoms with Gasteiger partial charge in [0.25, 0.3) is 0 Å². The van der Waals surface area contributed by atoms with Crippen molar-refractivity contribution in [3.05, 3.63) is 66.5 Å². The molecule has 1 unspecified atom stereocenters. The summed E-state index contributed by atoms with van der Waals surface area (Å²) >= 11 is 1.37. The fourth-order valence-electron chi connectivity index (χ4n) is 2.46. The maximum atomic E-state index is 12.5. The molecule has 1 atom stereocenters. The van der Waals surface area contributed by atoms with Gasteiger partial charge in [-0.05, 0) is 25.1 Å². The molecule has 3 aromatic rings. The Morgan fingerprint density at radius 1 is 1.19 bits per heavy atom. The molecular formula is C19H20N4O2S. The number of hydrogen-bond donors (Lipinski definition) is 1. The SMILES string of the molecule is COc1ccccc1CNC(=O)C(C)Sc1nncn1-c1ccccc1. The average molecular weight is 368 g/mol. The lowest BCUT2D eigenvalue weighted by Gasteiger charge is -2.13. The number of nitrogens with zero attached hydrogens (tertiary/aromatic N) is 3. The number of thioether (sulfide) groups is 1. The zero-order valence-electron chi connectivity index (χ0n) is 14.6. The predicted molar refractivity (Wildman–Crippen MR) is 102 cm³/mol. The van der Waals surface area contributed by atoms with E-state index >= 15 is 0 Å². The van der Waals surface area contributed by atoms with Crippen LogP contribution in [-0.4, -0.2) is 33.0 Å². The normalized spacial score (nSPS) is 11.8. The summed E-state index contributed by atoms with van der Waals surface area (Å²) in [6.07, 6.45) is 1.65. The van der Waals surface area contributed by atoms with Crippen LogP contribution in [0.25, 0.3) is 5.69 Å². The van der Waals surface area contributed by atoms with Gasteiger partial charge in [0.05, 0.1) is 12.4 Å². The molecule has 0 saturated carbocycles. The molecule has 0 aliphatic rings. The Morgan fingerprint density at radius 2 is 1.92 bits per heavy atom. The van der Waals surface area contributed by atoms with E-state index in [9.17, 15) is 4.79 Å². The fraction of sp³-hybridized carbons (Fsp3) is 0.211. The van der Waals surface area contributed by atoms with Gasteiger partial charge in [-0.1, -0.05) is 48.2 Å². The van der Waals surface area contributed by atoms with Crippen LogP contribution >= 0.6 is 11.8 Å². The highest BCUT2D eigenvalue weighted by Gasteiger charge is 2.18. The number of methoxy groups -OCH3 is 1. The lowest BCUT2D eigenvalue weighted by Crippen LogP contribution is -2.30. The van der Waals surface area contributed by atoms with Crippen molar-refractivity contribution in [3.8, 4) is 11.4 Å². The molecule has 0 aliphatic heterocycles. The van der Waals surface area contributed by atoms with Crippen LogP contribution in [0.1, 0.15) is 12.5 Å². The van der Waals surface area contributed by atoms with Crippen LogP contribution in [0, 0.1) is 0 Å². The number of benzene rings is 2. The van der Waals surface area contributed by atoms with Gasteiger partial charge in [-0.25, -0.2) is 0 Å². The third kappa shape index (κ3) is 4.23. The molecule has 1 aromatic heterocycles. The van der Waals surface area contributed by atoms with Crippen molar-refractivity contribution in [1.29, 1.82) is 0 Å². The van der Waals surface area contributed by atoms with Gasteiger partial charge in [-0.15, -0.1) is 10.2 Å². The van der Waals surface area contributed by atoms with E-state index in [1.54, 1.807) is 13.4 Å². The van der Waals surface area contributed by atoms with Crippen LogP contribution in [0.2, 0.25) is 0 Å². The van der Waals surface area contributed by atoms with Gasteiger partial charge < -0.3 is 10.1 Å². The zero-order valence-corrected chi connectivity index (χ0v) is 15.4. The van der Waals surface area contributed by atoms with E-state index in [1.807, 2.05) is 66.1 Å². The molecular weight excluding hydrogens is 348 g/mol. The summed E-state index contributed by atoms with van der Waals surface area (Å²) in [4.78, 5) is 12.5. The average Bonchev–Trinajstić information content (AvgIpc) is 3.15. The molecule has 1 heterocycles. The molecule has 26 heavy (non-hydrogen) atoms. The van der Waals surface area contributed by atoms with Gasteiger partial charge in [0.1, 0.15) is 12.1 Å². The van der Waals surface area contributed by atoms with E-state index in [1.165, 1.54) is 11.8 Å². The molecule has 0 radical (unpaired) electrons. The summed E-state index contributed by atoms with van der Waals surface area (Å²) in [5.74, 6) is 0.695. The van der Waals surface area contributed by atoms with Crippen molar-refractivity contribution in [2.24, 2.45) is 0 Å². The first-order valence-electron chi connectivity index (χ1n) is 8.20. The van der Waals surface area contributed by atoms with Crippen molar-refractivity contribution < 1.29 is 9.53 Å². The molecule has 6 nitrogen and oxygen atoms in total. The van der Waals surface area contributed by atoms with Gasteiger partial charge >= 0.3 is 0 Å². The van der Waals surface area contributed by atoms with Gasteiger partial charge in [-0.3, -0.25) is 9.36 Å². The fourth-order valence-corrected chi connectivity index (χ4v) is 3.32. The lowest BCUT2D eigenvalue weighted by molar-refractivity contribution is -0.120. The lowest BCUT2D eigenvalue weighted by atomic mass is 10.2. The summed E-state index contributed by atoms with van der Waals surface area (Å²) in [6, 6.07) is 17.4. The van der Waals surface area contributed by atoms with E-state index in [0.717, 1.165) is 17.0 Å².